The number of carboxylic acid groups (broad SMARTS) is 2. The second-order valence-electron chi connectivity index (χ2n) is 9.14. The number of rotatable bonds is 10. The molecule has 0 aromatic heterocycles. The molecule has 0 fully saturated rings. The first-order chi connectivity index (χ1) is 21.5. The second-order valence-corrected chi connectivity index (χ2v) is 11.9. The summed E-state index contributed by atoms with van der Waals surface area (Å²) in [4.78, 5) is 21.1. The Hall–Kier alpha value is -5.82. The molecular weight excluding hydrogens is 648 g/mol. The van der Waals surface area contributed by atoms with Crippen molar-refractivity contribution in [2.75, 3.05) is 0 Å². The van der Waals surface area contributed by atoms with Gasteiger partial charge in [-0.2, -0.15) is 37.3 Å². The molecule has 0 radical (unpaired) electrons. The van der Waals surface area contributed by atoms with Crippen LogP contribution in [0.25, 0.3) is 12.2 Å². The zero-order valence-corrected chi connectivity index (χ0v) is 24.5. The lowest BCUT2D eigenvalue weighted by Gasteiger charge is -2.06. The lowest BCUT2D eigenvalue weighted by Crippen LogP contribution is -2.01. The number of hydrogen-bond donors (Lipinski definition) is 6. The normalized spacial score (nSPS) is 12.3. The lowest BCUT2D eigenvalue weighted by atomic mass is 10.1. The molecule has 0 amide bonds. The van der Waals surface area contributed by atoms with Crippen LogP contribution < -0.4 is 0 Å². The Labute approximate surface area is 259 Å². The number of nitrogens with zero attached hydrogens (tertiary/aromatic N) is 4. The predicted octanol–water partition coefficient (Wildman–Crippen LogP) is 5.99. The van der Waals surface area contributed by atoms with Crippen molar-refractivity contribution in [2.45, 2.75) is 9.79 Å². The third kappa shape index (κ3) is 8.01. The second kappa shape index (κ2) is 13.0. The van der Waals surface area contributed by atoms with E-state index in [0.29, 0.717) is 0 Å². The fraction of sp³-hybridized carbons (Fsp3) is 0. The van der Waals surface area contributed by atoms with Gasteiger partial charge in [-0.1, -0.05) is 24.3 Å². The first-order valence-electron chi connectivity index (χ1n) is 12.4. The van der Waals surface area contributed by atoms with Crippen molar-refractivity contribution in [1.82, 2.24) is 0 Å². The van der Waals surface area contributed by atoms with Gasteiger partial charge in [0.25, 0.3) is 20.2 Å². The van der Waals surface area contributed by atoms with Crippen molar-refractivity contribution < 1.29 is 56.0 Å². The van der Waals surface area contributed by atoms with Crippen LogP contribution in [0.3, 0.4) is 0 Å². The highest BCUT2D eigenvalue weighted by atomic mass is 32.2. The summed E-state index contributed by atoms with van der Waals surface area (Å²) < 4.78 is 68.2. The zero-order chi connectivity index (χ0) is 33.8. The molecule has 0 unspecified atom stereocenters. The minimum atomic E-state index is -4.87. The highest BCUT2D eigenvalue weighted by Gasteiger charge is 2.18. The maximum absolute atomic E-state index is 12.1. The molecule has 0 spiro atoms. The quantitative estimate of drug-likeness (QED) is 0.0646. The Morgan fingerprint density at radius 1 is 0.522 bits per heavy atom. The van der Waals surface area contributed by atoms with Crippen LogP contribution in [-0.4, -0.2) is 58.3 Å². The summed E-state index contributed by atoms with van der Waals surface area (Å²) in [6, 6.07) is 13.7. The Balaban J connectivity index is 1.66. The number of phenols is 2. The highest BCUT2D eigenvalue weighted by molar-refractivity contribution is 7.86. The van der Waals surface area contributed by atoms with Gasteiger partial charge in [-0.25, -0.2) is 9.59 Å². The van der Waals surface area contributed by atoms with E-state index in [-0.39, 0.29) is 33.9 Å². The van der Waals surface area contributed by atoms with Crippen LogP contribution in [-0.2, 0) is 20.2 Å². The number of hydrogen-bond acceptors (Lipinski definition) is 12. The van der Waals surface area contributed by atoms with Gasteiger partial charge in [0.2, 0.25) is 0 Å². The third-order valence-corrected chi connectivity index (χ3v) is 7.79. The van der Waals surface area contributed by atoms with Crippen LogP contribution in [0.5, 0.6) is 11.5 Å². The van der Waals surface area contributed by atoms with Gasteiger partial charge in [-0.3, -0.25) is 9.11 Å². The summed E-state index contributed by atoms with van der Waals surface area (Å²) in [6.07, 6.45) is 2.27. The molecule has 0 aliphatic rings. The molecule has 4 rings (SSSR count). The standard InChI is InChI=1S/C28H20N4O12S2/c33-23-9-7-17(11-21(23)27(35)36)29-31-19-5-3-15(25(13-19)45(39,40)41)1-2-16-4-6-20(14-26(16)46(42,43)44)32-30-18-8-10-24(34)22(12-18)28(37)38/h1-14,33-34H,(H,35,36)(H,37,38)(H,39,40,41)(H,42,43,44)/b2-1-,31-29-,32-30-. The lowest BCUT2D eigenvalue weighted by molar-refractivity contribution is 0.0682. The number of aromatic hydroxyl groups is 2. The van der Waals surface area contributed by atoms with Crippen molar-refractivity contribution in [3.05, 3.63) is 95.1 Å². The Morgan fingerprint density at radius 2 is 0.826 bits per heavy atom. The van der Waals surface area contributed by atoms with Crippen molar-refractivity contribution in [3.63, 3.8) is 0 Å². The molecule has 0 bridgehead atoms. The molecule has 236 valence electrons. The molecule has 0 aliphatic carbocycles. The molecule has 6 N–H and O–H groups in total. The van der Waals surface area contributed by atoms with Crippen LogP contribution in [0.15, 0.2) is 103 Å². The number of carbonyl (C=O) groups is 2. The fourth-order valence-electron chi connectivity index (χ4n) is 3.82. The van der Waals surface area contributed by atoms with Gasteiger partial charge in [0.1, 0.15) is 32.4 Å². The first kappa shape index (κ1) is 33.1. The van der Waals surface area contributed by atoms with E-state index in [0.717, 1.165) is 48.6 Å². The first-order valence-corrected chi connectivity index (χ1v) is 15.3. The Kier molecular flexibility index (Phi) is 9.38. The SMILES string of the molecule is O=C(O)c1cc(/N=N\c2ccc(/C=C\c3ccc(/N=N\c4ccc(O)c(C(=O)O)c4)cc3S(=O)(=O)O)c(S(=O)(=O)O)c2)ccc1O. The van der Waals surface area contributed by atoms with Gasteiger partial charge in [0.15, 0.2) is 0 Å². The third-order valence-electron chi connectivity index (χ3n) is 5.98. The molecule has 0 heterocycles. The summed E-state index contributed by atoms with van der Waals surface area (Å²) in [7, 11) is -9.74. The fourth-order valence-corrected chi connectivity index (χ4v) is 5.23. The Morgan fingerprint density at radius 3 is 1.13 bits per heavy atom. The van der Waals surface area contributed by atoms with Crippen molar-refractivity contribution in [1.29, 1.82) is 0 Å². The summed E-state index contributed by atoms with van der Waals surface area (Å²) in [5, 5.41) is 52.8. The summed E-state index contributed by atoms with van der Waals surface area (Å²) in [5.74, 6) is -3.84. The average Bonchev–Trinajstić information content (AvgIpc) is 2.98. The molecule has 46 heavy (non-hydrogen) atoms. The molecule has 4 aromatic carbocycles. The molecule has 0 saturated carbocycles. The van der Waals surface area contributed by atoms with Crippen LogP contribution >= 0.6 is 0 Å². The van der Waals surface area contributed by atoms with Gasteiger partial charge < -0.3 is 20.4 Å². The largest absolute Gasteiger partial charge is 0.507 e. The summed E-state index contributed by atoms with van der Waals surface area (Å²) >= 11 is 0. The van der Waals surface area contributed by atoms with Gasteiger partial charge >= 0.3 is 11.9 Å². The molecule has 16 nitrogen and oxygen atoms in total. The predicted molar refractivity (Wildman–Crippen MR) is 160 cm³/mol. The Bertz CT molecular complexity index is 2040. The van der Waals surface area contributed by atoms with Gasteiger partial charge in [0.05, 0.1) is 22.7 Å². The molecule has 4 aromatic rings. The number of azo groups is 2. The van der Waals surface area contributed by atoms with E-state index in [2.05, 4.69) is 20.5 Å². The number of aromatic carboxylic acids is 2. The molecule has 0 saturated heterocycles. The van der Waals surface area contributed by atoms with Gasteiger partial charge in [-0.15, -0.1) is 0 Å². The van der Waals surface area contributed by atoms with E-state index in [1.165, 1.54) is 36.4 Å². The highest BCUT2D eigenvalue weighted by Crippen LogP contribution is 2.31. The monoisotopic (exact) mass is 668 g/mol. The average molecular weight is 669 g/mol. The molecule has 18 heteroatoms. The zero-order valence-electron chi connectivity index (χ0n) is 22.8. The van der Waals surface area contributed by atoms with Crippen molar-refractivity contribution in [2.24, 2.45) is 20.5 Å². The van der Waals surface area contributed by atoms with E-state index in [4.69, 9.17) is 10.2 Å². The molecule has 0 aliphatic heterocycles. The minimum Gasteiger partial charge on any atom is -0.507 e. The van der Waals surface area contributed by atoms with Crippen molar-refractivity contribution >= 4 is 67.1 Å². The minimum absolute atomic E-state index is 0.0152. The number of carboxylic acids is 2. The summed E-state index contributed by atoms with van der Waals surface area (Å²) in [6.45, 7) is 0. The van der Waals surface area contributed by atoms with E-state index in [1.54, 1.807) is 0 Å². The topological polar surface area (TPSA) is 273 Å². The smallest absolute Gasteiger partial charge is 0.339 e. The number of benzene rings is 4. The van der Waals surface area contributed by atoms with E-state index in [1.807, 2.05) is 0 Å². The molecule has 0 atom stereocenters. The van der Waals surface area contributed by atoms with Crippen molar-refractivity contribution in [3.8, 4) is 11.5 Å². The van der Waals surface area contributed by atoms with E-state index >= 15 is 0 Å². The van der Waals surface area contributed by atoms with E-state index < -0.39 is 64.6 Å². The van der Waals surface area contributed by atoms with Crippen LogP contribution in [0.2, 0.25) is 0 Å². The van der Waals surface area contributed by atoms with E-state index in [9.17, 15) is 45.7 Å². The summed E-state index contributed by atoms with van der Waals surface area (Å²) in [5.41, 5.74) is -1.25. The van der Waals surface area contributed by atoms with Gasteiger partial charge in [0, 0.05) is 0 Å². The molecular formula is C28H20N4O12S2. The maximum Gasteiger partial charge on any atom is 0.339 e. The van der Waals surface area contributed by atoms with Gasteiger partial charge in [-0.05, 0) is 71.8 Å². The van der Waals surface area contributed by atoms with Crippen LogP contribution in [0.4, 0.5) is 22.7 Å². The van der Waals surface area contributed by atoms with Crippen LogP contribution in [0.1, 0.15) is 31.8 Å². The van der Waals surface area contributed by atoms with Crippen LogP contribution in [0, 0.1) is 0 Å². The maximum atomic E-state index is 12.1.